The minimum Gasteiger partial charge on any atom is -0.332 e. The molecular formula is C20H23N3O3S2. The van der Waals surface area contributed by atoms with E-state index in [0.29, 0.717) is 23.7 Å². The van der Waals surface area contributed by atoms with Gasteiger partial charge in [-0.15, -0.1) is 0 Å². The highest BCUT2D eigenvalue weighted by atomic mass is 32.2. The van der Waals surface area contributed by atoms with Crippen molar-refractivity contribution in [2.45, 2.75) is 37.0 Å². The lowest BCUT2D eigenvalue weighted by molar-refractivity contribution is -0.120. The van der Waals surface area contributed by atoms with E-state index in [1.807, 2.05) is 6.07 Å². The molecule has 6 nitrogen and oxygen atoms in total. The van der Waals surface area contributed by atoms with Gasteiger partial charge in [-0.25, -0.2) is 8.42 Å². The van der Waals surface area contributed by atoms with Gasteiger partial charge in [0.1, 0.15) is 0 Å². The van der Waals surface area contributed by atoms with E-state index in [1.165, 1.54) is 25.0 Å². The molecule has 2 aromatic rings. The molecule has 0 heterocycles. The topological polar surface area (TPSA) is 87.3 Å². The van der Waals surface area contributed by atoms with Crippen molar-refractivity contribution in [1.82, 2.24) is 5.32 Å². The van der Waals surface area contributed by atoms with E-state index >= 15 is 0 Å². The molecule has 0 saturated heterocycles. The number of carbonyl (C=O) groups is 1. The third-order valence-corrected chi connectivity index (χ3v) is 6.25. The molecule has 0 radical (unpaired) electrons. The number of hydrogen-bond donors (Lipinski definition) is 3. The number of carbonyl (C=O) groups excluding carboxylic acids is 1. The van der Waals surface area contributed by atoms with Crippen LogP contribution in [-0.4, -0.2) is 19.4 Å². The number of thiocarbonyl (C=S) groups is 1. The highest BCUT2D eigenvalue weighted by molar-refractivity contribution is 7.92. The fraction of sp³-hybridized carbons (Fsp3) is 0.300. The van der Waals surface area contributed by atoms with Crippen LogP contribution in [0, 0.1) is 5.92 Å². The quantitative estimate of drug-likeness (QED) is 0.621. The Bertz CT molecular complexity index is 923. The molecule has 1 amide bonds. The maximum atomic E-state index is 12.4. The highest BCUT2D eigenvalue weighted by Crippen LogP contribution is 2.27. The SMILES string of the molecule is O=C(CC1CCCC1)NC(=S)Nc1ccc(S(=O)(=O)Nc2ccccc2)cc1. The van der Waals surface area contributed by atoms with E-state index < -0.39 is 10.0 Å². The molecule has 3 rings (SSSR count). The summed E-state index contributed by atoms with van der Waals surface area (Å²) in [7, 11) is -3.67. The van der Waals surface area contributed by atoms with E-state index in [0.717, 1.165) is 12.8 Å². The Kier molecular flexibility index (Phi) is 6.64. The zero-order chi connectivity index (χ0) is 20.0. The van der Waals surface area contributed by atoms with Crippen molar-refractivity contribution < 1.29 is 13.2 Å². The Morgan fingerprint density at radius 2 is 1.61 bits per heavy atom. The average Bonchev–Trinajstić information content (AvgIpc) is 3.15. The molecule has 8 heteroatoms. The summed E-state index contributed by atoms with van der Waals surface area (Å²) in [6.07, 6.45) is 5.06. The largest absolute Gasteiger partial charge is 0.332 e. The number of nitrogens with one attached hydrogen (secondary N) is 3. The Labute approximate surface area is 170 Å². The minimum atomic E-state index is -3.67. The minimum absolute atomic E-state index is 0.0874. The first-order chi connectivity index (χ1) is 13.4. The van der Waals surface area contributed by atoms with Crippen LogP contribution in [0.4, 0.5) is 11.4 Å². The van der Waals surface area contributed by atoms with Crippen molar-refractivity contribution in [2.75, 3.05) is 10.0 Å². The smallest absolute Gasteiger partial charge is 0.261 e. The summed E-state index contributed by atoms with van der Waals surface area (Å²) in [4.78, 5) is 12.2. The summed E-state index contributed by atoms with van der Waals surface area (Å²) < 4.78 is 27.4. The van der Waals surface area contributed by atoms with Gasteiger partial charge in [0.2, 0.25) is 5.91 Å². The second kappa shape index (κ2) is 9.16. The predicted molar refractivity (Wildman–Crippen MR) is 115 cm³/mol. The Morgan fingerprint density at radius 3 is 2.25 bits per heavy atom. The van der Waals surface area contributed by atoms with E-state index in [2.05, 4.69) is 15.4 Å². The molecule has 148 valence electrons. The van der Waals surface area contributed by atoms with E-state index in [9.17, 15) is 13.2 Å². The van der Waals surface area contributed by atoms with Gasteiger partial charge in [0.15, 0.2) is 5.11 Å². The Morgan fingerprint density at radius 1 is 0.964 bits per heavy atom. The number of para-hydroxylation sites is 1. The number of benzene rings is 2. The van der Waals surface area contributed by atoms with E-state index in [4.69, 9.17) is 12.2 Å². The van der Waals surface area contributed by atoms with Crippen LogP contribution in [0.2, 0.25) is 0 Å². The molecule has 0 atom stereocenters. The molecular weight excluding hydrogens is 394 g/mol. The molecule has 1 aliphatic rings. The van der Waals surface area contributed by atoms with Crippen molar-refractivity contribution in [1.29, 1.82) is 0 Å². The molecule has 1 saturated carbocycles. The van der Waals surface area contributed by atoms with Gasteiger partial charge < -0.3 is 10.6 Å². The summed E-state index contributed by atoms with van der Waals surface area (Å²) in [6.45, 7) is 0. The molecule has 28 heavy (non-hydrogen) atoms. The summed E-state index contributed by atoms with van der Waals surface area (Å²) in [5, 5.41) is 5.80. The third kappa shape index (κ3) is 5.77. The van der Waals surface area contributed by atoms with Crippen molar-refractivity contribution in [3.63, 3.8) is 0 Å². The van der Waals surface area contributed by atoms with Crippen LogP contribution >= 0.6 is 12.2 Å². The van der Waals surface area contributed by atoms with Crippen LogP contribution in [0.15, 0.2) is 59.5 Å². The number of sulfonamides is 1. The highest BCUT2D eigenvalue weighted by Gasteiger charge is 2.19. The molecule has 0 spiro atoms. The molecule has 1 aliphatic carbocycles. The number of hydrogen-bond acceptors (Lipinski definition) is 4. The van der Waals surface area contributed by atoms with Crippen molar-refractivity contribution in [3.8, 4) is 0 Å². The van der Waals surface area contributed by atoms with Gasteiger partial charge in [0.05, 0.1) is 4.90 Å². The van der Waals surface area contributed by atoms with Gasteiger partial charge in [-0.05, 0) is 67.4 Å². The molecule has 2 aromatic carbocycles. The van der Waals surface area contributed by atoms with Gasteiger partial charge in [-0.1, -0.05) is 31.0 Å². The standard InChI is InChI=1S/C20H23N3O3S2/c24-19(14-15-6-4-5-7-15)22-20(27)21-16-10-12-18(13-11-16)28(25,26)23-17-8-2-1-3-9-17/h1-3,8-13,15,23H,4-7,14H2,(H2,21,22,24,27). The fourth-order valence-electron chi connectivity index (χ4n) is 3.25. The summed E-state index contributed by atoms with van der Waals surface area (Å²) in [5.74, 6) is 0.361. The third-order valence-electron chi connectivity index (χ3n) is 4.65. The van der Waals surface area contributed by atoms with E-state index in [-0.39, 0.29) is 15.9 Å². The maximum absolute atomic E-state index is 12.4. The van der Waals surface area contributed by atoms with Crippen molar-refractivity contribution >= 4 is 44.6 Å². The first-order valence-corrected chi connectivity index (χ1v) is 11.1. The van der Waals surface area contributed by atoms with Crippen LogP contribution in [-0.2, 0) is 14.8 Å². The lowest BCUT2D eigenvalue weighted by Gasteiger charge is -2.12. The molecule has 0 unspecified atom stereocenters. The lowest BCUT2D eigenvalue weighted by atomic mass is 10.0. The second-order valence-electron chi connectivity index (χ2n) is 6.85. The number of amides is 1. The monoisotopic (exact) mass is 417 g/mol. The molecule has 0 aromatic heterocycles. The van der Waals surface area contributed by atoms with Gasteiger partial charge in [-0.3, -0.25) is 9.52 Å². The van der Waals surface area contributed by atoms with E-state index in [1.54, 1.807) is 36.4 Å². The zero-order valence-corrected chi connectivity index (χ0v) is 17.0. The molecule has 0 aliphatic heterocycles. The van der Waals surface area contributed by atoms with Crippen LogP contribution in [0.1, 0.15) is 32.1 Å². The second-order valence-corrected chi connectivity index (χ2v) is 8.94. The Hall–Kier alpha value is -2.45. The lowest BCUT2D eigenvalue weighted by Crippen LogP contribution is -2.34. The predicted octanol–water partition coefficient (Wildman–Crippen LogP) is 3.88. The molecule has 1 fully saturated rings. The fourth-order valence-corrected chi connectivity index (χ4v) is 4.54. The van der Waals surface area contributed by atoms with Gasteiger partial charge in [-0.2, -0.15) is 0 Å². The molecule has 3 N–H and O–H groups in total. The first kappa shape index (κ1) is 20.3. The van der Waals surface area contributed by atoms with Gasteiger partial charge in [0, 0.05) is 17.8 Å². The maximum Gasteiger partial charge on any atom is 0.261 e. The average molecular weight is 418 g/mol. The van der Waals surface area contributed by atoms with Crippen molar-refractivity contribution in [2.24, 2.45) is 5.92 Å². The number of rotatable bonds is 6. The Balaban J connectivity index is 1.54. The van der Waals surface area contributed by atoms with Crippen LogP contribution < -0.4 is 15.4 Å². The summed E-state index contributed by atoms with van der Waals surface area (Å²) >= 11 is 5.17. The van der Waals surface area contributed by atoms with Crippen LogP contribution in [0.25, 0.3) is 0 Å². The van der Waals surface area contributed by atoms with Gasteiger partial charge in [0.25, 0.3) is 10.0 Å². The summed E-state index contributed by atoms with van der Waals surface area (Å²) in [6, 6.07) is 14.9. The zero-order valence-electron chi connectivity index (χ0n) is 15.4. The molecule has 0 bridgehead atoms. The summed E-state index contributed by atoms with van der Waals surface area (Å²) in [5.41, 5.74) is 1.10. The van der Waals surface area contributed by atoms with Crippen molar-refractivity contribution in [3.05, 3.63) is 54.6 Å². The van der Waals surface area contributed by atoms with Crippen LogP contribution in [0.3, 0.4) is 0 Å². The first-order valence-electron chi connectivity index (χ1n) is 9.21. The number of anilines is 2. The van der Waals surface area contributed by atoms with Crippen LogP contribution in [0.5, 0.6) is 0 Å². The van der Waals surface area contributed by atoms with Gasteiger partial charge >= 0.3 is 0 Å². The normalized spacial score (nSPS) is 14.4.